The van der Waals surface area contributed by atoms with Gasteiger partial charge in [-0.1, -0.05) is 24.3 Å². The Morgan fingerprint density at radius 3 is 2.67 bits per heavy atom. The van der Waals surface area contributed by atoms with Gasteiger partial charge < -0.3 is 9.84 Å². The number of benzene rings is 2. The summed E-state index contributed by atoms with van der Waals surface area (Å²) in [5, 5.41) is 21.2. The third-order valence-corrected chi connectivity index (χ3v) is 3.86. The second-order valence-electron chi connectivity index (χ2n) is 5.87. The number of likely N-dealkylation sites (N-methyl/N-ethyl adjacent to an activating group) is 1. The van der Waals surface area contributed by atoms with Crippen molar-refractivity contribution in [2.24, 2.45) is 0 Å². The summed E-state index contributed by atoms with van der Waals surface area (Å²) in [6, 6.07) is 12.1. The quantitative estimate of drug-likeness (QED) is 0.624. The first-order chi connectivity index (χ1) is 11.4. The van der Waals surface area contributed by atoms with Gasteiger partial charge in [0.1, 0.15) is 5.75 Å². The van der Waals surface area contributed by atoms with Crippen molar-refractivity contribution in [3.8, 4) is 5.75 Å². The molecule has 0 aromatic heterocycles. The average molecular weight is 330 g/mol. The van der Waals surface area contributed by atoms with E-state index in [2.05, 4.69) is 6.07 Å². The molecule has 0 aliphatic rings. The highest BCUT2D eigenvalue weighted by atomic mass is 16.6. The molecule has 0 radical (unpaired) electrons. The fourth-order valence-corrected chi connectivity index (χ4v) is 2.66. The number of non-ortho nitro benzene ring substituents is 1. The van der Waals surface area contributed by atoms with Crippen LogP contribution in [0.2, 0.25) is 0 Å². The monoisotopic (exact) mass is 330 g/mol. The maximum atomic E-state index is 10.8. The molecule has 2 aromatic carbocycles. The smallest absolute Gasteiger partial charge is 0.269 e. The van der Waals surface area contributed by atoms with E-state index in [-0.39, 0.29) is 5.69 Å². The van der Waals surface area contributed by atoms with Gasteiger partial charge >= 0.3 is 0 Å². The molecule has 1 atom stereocenters. The van der Waals surface area contributed by atoms with E-state index in [1.807, 2.05) is 31.0 Å². The Morgan fingerprint density at radius 1 is 1.29 bits per heavy atom. The van der Waals surface area contributed by atoms with Crippen molar-refractivity contribution in [3.63, 3.8) is 0 Å². The lowest BCUT2D eigenvalue weighted by molar-refractivity contribution is -0.385. The van der Waals surface area contributed by atoms with E-state index in [1.165, 1.54) is 12.1 Å². The number of aliphatic hydroxyl groups excluding tert-OH is 1. The van der Waals surface area contributed by atoms with Gasteiger partial charge in [0.15, 0.2) is 0 Å². The third-order valence-electron chi connectivity index (χ3n) is 3.86. The number of ether oxygens (including phenoxy) is 1. The number of methoxy groups -OCH3 is 1. The van der Waals surface area contributed by atoms with E-state index in [1.54, 1.807) is 19.2 Å². The summed E-state index contributed by atoms with van der Waals surface area (Å²) in [6.45, 7) is 3.03. The topological polar surface area (TPSA) is 75.8 Å². The molecule has 2 rings (SSSR count). The lowest BCUT2D eigenvalue weighted by Gasteiger charge is -2.21. The van der Waals surface area contributed by atoms with E-state index in [9.17, 15) is 15.2 Å². The number of nitro groups is 1. The first-order valence-corrected chi connectivity index (χ1v) is 7.65. The molecule has 0 aliphatic carbocycles. The molecule has 6 heteroatoms. The fourth-order valence-electron chi connectivity index (χ4n) is 2.66. The molecular formula is C18H22N2O4. The number of aryl methyl sites for hydroxylation is 1. The van der Waals surface area contributed by atoms with Crippen LogP contribution in [0.25, 0.3) is 0 Å². The lowest BCUT2D eigenvalue weighted by Crippen LogP contribution is -2.24. The number of nitro benzene ring substituents is 1. The minimum Gasteiger partial charge on any atom is -0.496 e. The van der Waals surface area contributed by atoms with Crippen molar-refractivity contribution in [1.29, 1.82) is 0 Å². The molecule has 0 fully saturated rings. The summed E-state index contributed by atoms with van der Waals surface area (Å²) in [5.74, 6) is 0.845. The van der Waals surface area contributed by atoms with Crippen LogP contribution < -0.4 is 4.74 Å². The minimum atomic E-state index is -0.783. The molecule has 1 N–H and O–H groups in total. The molecular weight excluding hydrogens is 308 g/mol. The predicted molar refractivity (Wildman–Crippen MR) is 92.1 cm³/mol. The maximum absolute atomic E-state index is 10.8. The van der Waals surface area contributed by atoms with Crippen molar-refractivity contribution in [3.05, 3.63) is 69.3 Å². The van der Waals surface area contributed by atoms with E-state index in [0.717, 1.165) is 16.9 Å². The van der Waals surface area contributed by atoms with Gasteiger partial charge in [-0.2, -0.15) is 0 Å². The molecule has 0 amide bonds. The van der Waals surface area contributed by atoms with Gasteiger partial charge in [-0.3, -0.25) is 15.0 Å². The summed E-state index contributed by atoms with van der Waals surface area (Å²) < 4.78 is 5.25. The van der Waals surface area contributed by atoms with Crippen LogP contribution in [0.1, 0.15) is 22.8 Å². The summed E-state index contributed by atoms with van der Waals surface area (Å²) >= 11 is 0. The molecule has 0 heterocycles. The van der Waals surface area contributed by atoms with Crippen LogP contribution in [0.4, 0.5) is 5.69 Å². The second-order valence-corrected chi connectivity index (χ2v) is 5.87. The minimum absolute atomic E-state index is 0.0139. The zero-order chi connectivity index (χ0) is 17.7. The van der Waals surface area contributed by atoms with Gasteiger partial charge in [0.05, 0.1) is 18.1 Å². The van der Waals surface area contributed by atoms with Crippen molar-refractivity contribution in [1.82, 2.24) is 4.90 Å². The van der Waals surface area contributed by atoms with E-state index >= 15 is 0 Å². The van der Waals surface area contributed by atoms with Gasteiger partial charge in [0, 0.05) is 25.2 Å². The zero-order valence-electron chi connectivity index (χ0n) is 14.1. The highest BCUT2D eigenvalue weighted by molar-refractivity contribution is 5.36. The van der Waals surface area contributed by atoms with E-state index < -0.39 is 11.0 Å². The summed E-state index contributed by atoms with van der Waals surface area (Å²) in [6.07, 6.45) is -0.783. The van der Waals surface area contributed by atoms with Crippen LogP contribution in [0.3, 0.4) is 0 Å². The Hall–Kier alpha value is -2.44. The van der Waals surface area contributed by atoms with Crippen LogP contribution >= 0.6 is 0 Å². The molecule has 0 bridgehead atoms. The first-order valence-electron chi connectivity index (χ1n) is 7.65. The Morgan fingerprint density at radius 2 is 2.04 bits per heavy atom. The van der Waals surface area contributed by atoms with E-state index in [0.29, 0.717) is 18.7 Å². The molecule has 0 aliphatic heterocycles. The van der Waals surface area contributed by atoms with Crippen molar-refractivity contribution >= 4 is 5.69 Å². The molecule has 1 unspecified atom stereocenters. The summed E-state index contributed by atoms with van der Waals surface area (Å²) in [4.78, 5) is 12.3. The SMILES string of the molecule is COc1ccc(CN(C)CC(O)c2cccc([N+](=O)[O-])c2)cc1C. The fraction of sp³-hybridized carbons (Fsp3) is 0.333. The number of aliphatic hydroxyl groups is 1. The van der Waals surface area contributed by atoms with Crippen molar-refractivity contribution in [2.45, 2.75) is 19.6 Å². The molecule has 6 nitrogen and oxygen atoms in total. The van der Waals surface area contributed by atoms with E-state index in [4.69, 9.17) is 4.74 Å². The van der Waals surface area contributed by atoms with Crippen LogP contribution in [0.5, 0.6) is 5.75 Å². The zero-order valence-corrected chi connectivity index (χ0v) is 14.1. The highest BCUT2D eigenvalue weighted by Crippen LogP contribution is 2.22. The highest BCUT2D eigenvalue weighted by Gasteiger charge is 2.14. The second kappa shape index (κ2) is 7.90. The van der Waals surface area contributed by atoms with Gasteiger partial charge in [-0.15, -0.1) is 0 Å². The molecule has 2 aromatic rings. The van der Waals surface area contributed by atoms with Crippen molar-refractivity contribution < 1.29 is 14.8 Å². The van der Waals surface area contributed by atoms with Crippen LogP contribution in [0.15, 0.2) is 42.5 Å². The third kappa shape index (κ3) is 4.53. The molecule has 0 saturated carbocycles. The summed E-state index contributed by atoms with van der Waals surface area (Å²) in [5.41, 5.74) is 2.70. The van der Waals surface area contributed by atoms with Gasteiger partial charge in [-0.05, 0) is 36.7 Å². The first kappa shape index (κ1) is 17.9. The maximum Gasteiger partial charge on any atom is 0.269 e. The number of nitrogens with zero attached hydrogens (tertiary/aromatic N) is 2. The van der Waals surface area contributed by atoms with Crippen LogP contribution in [0, 0.1) is 17.0 Å². The van der Waals surface area contributed by atoms with Gasteiger partial charge in [0.25, 0.3) is 5.69 Å². The van der Waals surface area contributed by atoms with Crippen LogP contribution in [-0.4, -0.2) is 35.6 Å². The standard InChI is InChI=1S/C18H22N2O4/c1-13-9-14(7-8-18(13)24-3)11-19(2)12-17(21)15-5-4-6-16(10-15)20(22)23/h4-10,17,21H,11-12H2,1-3H3. The Labute approximate surface area is 141 Å². The number of rotatable bonds is 7. The number of hydrogen-bond donors (Lipinski definition) is 1. The molecule has 128 valence electrons. The lowest BCUT2D eigenvalue weighted by atomic mass is 10.1. The molecule has 0 spiro atoms. The Balaban J connectivity index is 2.01. The Bertz CT molecular complexity index is 718. The van der Waals surface area contributed by atoms with Gasteiger partial charge in [-0.25, -0.2) is 0 Å². The molecule has 0 saturated heterocycles. The average Bonchev–Trinajstić information content (AvgIpc) is 2.55. The molecule has 24 heavy (non-hydrogen) atoms. The predicted octanol–water partition coefficient (Wildman–Crippen LogP) is 3.08. The van der Waals surface area contributed by atoms with Gasteiger partial charge in [0.2, 0.25) is 0 Å². The normalized spacial score (nSPS) is 12.2. The van der Waals surface area contributed by atoms with Crippen LogP contribution in [-0.2, 0) is 6.54 Å². The summed E-state index contributed by atoms with van der Waals surface area (Å²) in [7, 11) is 3.55. The number of hydrogen-bond acceptors (Lipinski definition) is 5. The van der Waals surface area contributed by atoms with Crippen molar-refractivity contribution in [2.75, 3.05) is 20.7 Å². The Kier molecular flexibility index (Phi) is 5.89. The largest absolute Gasteiger partial charge is 0.496 e.